The molecule has 0 aliphatic carbocycles. The van der Waals surface area contributed by atoms with Crippen LogP contribution in [0.25, 0.3) is 21.8 Å². The molecule has 2 nitrogen and oxygen atoms in total. The largest absolute Gasteiger partial charge is 0.399 e. The van der Waals surface area contributed by atoms with E-state index in [2.05, 4.69) is 4.98 Å². The fraction of sp³-hybridized carbons (Fsp3) is 0. The van der Waals surface area contributed by atoms with Crippen LogP contribution in [0.1, 0.15) is 0 Å². The summed E-state index contributed by atoms with van der Waals surface area (Å²) in [5, 5.41) is 3.63. The van der Waals surface area contributed by atoms with Crippen molar-refractivity contribution in [3.05, 3.63) is 58.9 Å². The number of halogens is 2. The first-order chi connectivity index (χ1) is 9.24. The van der Waals surface area contributed by atoms with Crippen molar-refractivity contribution in [3.8, 4) is 21.8 Å². The smallest absolute Gasteiger partial charge is 0.124 e. The van der Waals surface area contributed by atoms with E-state index in [1.54, 1.807) is 17.4 Å². The van der Waals surface area contributed by atoms with Crippen molar-refractivity contribution in [2.75, 3.05) is 5.73 Å². The molecule has 0 saturated carbocycles. The number of rotatable bonds is 2. The Morgan fingerprint density at radius 1 is 1.05 bits per heavy atom. The molecule has 0 fully saturated rings. The van der Waals surface area contributed by atoms with Crippen molar-refractivity contribution in [2.45, 2.75) is 0 Å². The molecule has 20 heavy (non-hydrogen) atoms. The van der Waals surface area contributed by atoms with Gasteiger partial charge in [-0.1, -0.05) is 41.9 Å². The number of nitrogen functional groups attached to an aromatic ring is 1. The van der Waals surface area contributed by atoms with Crippen molar-refractivity contribution in [2.24, 2.45) is 0 Å². The van der Waals surface area contributed by atoms with Crippen LogP contribution < -0.4 is 5.73 Å². The molecule has 2 N–H and O–H groups in total. The maximum atomic E-state index is 6.20. The Morgan fingerprint density at radius 3 is 2.50 bits per heavy atom. The van der Waals surface area contributed by atoms with Gasteiger partial charge in [0.25, 0.3) is 0 Å². The molecule has 0 aliphatic heterocycles. The van der Waals surface area contributed by atoms with E-state index in [1.165, 1.54) is 0 Å². The lowest BCUT2D eigenvalue weighted by Crippen LogP contribution is -1.86. The zero-order valence-electron chi connectivity index (χ0n) is 10.4. The summed E-state index contributed by atoms with van der Waals surface area (Å²) in [7, 11) is 0. The molecule has 0 spiro atoms. The second-order valence-electron chi connectivity index (χ2n) is 4.14. The summed E-state index contributed by atoms with van der Waals surface area (Å²) in [5.41, 5.74) is 9.27. The standard InChI is InChI=1S/C15H11ClN2S.ClH/c16-13-8-11(17)6-7-12(13)14-9-19-15(18-14)10-4-2-1-3-5-10;/h1-9H,17H2;1H. The highest BCUT2D eigenvalue weighted by Gasteiger charge is 2.09. The number of nitrogens with two attached hydrogens (primary N) is 1. The van der Waals surface area contributed by atoms with E-state index in [0.717, 1.165) is 21.8 Å². The average Bonchev–Trinajstić information content (AvgIpc) is 2.89. The van der Waals surface area contributed by atoms with Gasteiger partial charge in [0, 0.05) is 22.2 Å². The van der Waals surface area contributed by atoms with Gasteiger partial charge >= 0.3 is 0 Å². The Morgan fingerprint density at radius 2 is 1.80 bits per heavy atom. The molecule has 0 unspecified atom stereocenters. The van der Waals surface area contributed by atoms with E-state index in [9.17, 15) is 0 Å². The quantitative estimate of drug-likeness (QED) is 0.664. The Labute approximate surface area is 132 Å². The zero-order valence-corrected chi connectivity index (χ0v) is 12.8. The zero-order chi connectivity index (χ0) is 13.2. The maximum absolute atomic E-state index is 6.20. The van der Waals surface area contributed by atoms with Gasteiger partial charge in [-0.15, -0.1) is 23.7 Å². The van der Waals surface area contributed by atoms with Gasteiger partial charge in [-0.25, -0.2) is 4.98 Å². The molecule has 102 valence electrons. The molecular formula is C15H12Cl2N2S. The van der Waals surface area contributed by atoms with Crippen LogP contribution in [0.2, 0.25) is 5.02 Å². The van der Waals surface area contributed by atoms with Gasteiger partial charge < -0.3 is 5.73 Å². The third-order valence-corrected chi connectivity index (χ3v) is 4.00. The minimum absolute atomic E-state index is 0. The van der Waals surface area contributed by atoms with Crippen LogP contribution >= 0.6 is 35.3 Å². The number of anilines is 1. The van der Waals surface area contributed by atoms with Gasteiger partial charge in [-0.3, -0.25) is 0 Å². The SMILES string of the molecule is Cl.Nc1ccc(-c2csc(-c3ccccc3)n2)c(Cl)c1. The summed E-state index contributed by atoms with van der Waals surface area (Å²) in [5.74, 6) is 0. The summed E-state index contributed by atoms with van der Waals surface area (Å²) >= 11 is 7.81. The molecule has 0 atom stereocenters. The summed E-state index contributed by atoms with van der Waals surface area (Å²) in [6.07, 6.45) is 0. The average molecular weight is 323 g/mol. The molecule has 0 aliphatic rings. The maximum Gasteiger partial charge on any atom is 0.124 e. The van der Waals surface area contributed by atoms with E-state index >= 15 is 0 Å². The highest BCUT2D eigenvalue weighted by Crippen LogP contribution is 2.33. The molecule has 0 saturated heterocycles. The van der Waals surface area contributed by atoms with Crippen molar-refractivity contribution in [1.29, 1.82) is 0 Å². The van der Waals surface area contributed by atoms with Crippen LogP contribution in [-0.2, 0) is 0 Å². The lowest BCUT2D eigenvalue weighted by Gasteiger charge is -2.01. The van der Waals surface area contributed by atoms with E-state index in [4.69, 9.17) is 17.3 Å². The lowest BCUT2D eigenvalue weighted by molar-refractivity contribution is 1.40. The first kappa shape index (κ1) is 14.9. The molecule has 0 bridgehead atoms. The van der Waals surface area contributed by atoms with E-state index in [-0.39, 0.29) is 12.4 Å². The van der Waals surface area contributed by atoms with Crippen LogP contribution in [0, 0.1) is 0 Å². The molecule has 1 heterocycles. The molecule has 3 aromatic rings. The highest BCUT2D eigenvalue weighted by molar-refractivity contribution is 7.13. The van der Waals surface area contributed by atoms with E-state index in [0.29, 0.717) is 10.7 Å². The fourth-order valence-electron chi connectivity index (χ4n) is 1.85. The van der Waals surface area contributed by atoms with Gasteiger partial charge in [0.05, 0.1) is 10.7 Å². The Kier molecular flexibility index (Phi) is 4.65. The third kappa shape index (κ3) is 2.96. The highest BCUT2D eigenvalue weighted by atomic mass is 35.5. The van der Waals surface area contributed by atoms with Gasteiger partial charge in [0.2, 0.25) is 0 Å². The molecule has 0 radical (unpaired) electrons. The number of aromatic nitrogens is 1. The monoisotopic (exact) mass is 322 g/mol. The van der Waals surface area contributed by atoms with Crippen LogP contribution in [0.4, 0.5) is 5.69 Å². The molecular weight excluding hydrogens is 311 g/mol. The minimum atomic E-state index is 0. The lowest BCUT2D eigenvalue weighted by atomic mass is 10.1. The van der Waals surface area contributed by atoms with Crippen LogP contribution in [0.5, 0.6) is 0 Å². The summed E-state index contributed by atoms with van der Waals surface area (Å²) in [6.45, 7) is 0. The van der Waals surface area contributed by atoms with E-state index in [1.807, 2.05) is 47.8 Å². The summed E-state index contributed by atoms with van der Waals surface area (Å²) < 4.78 is 0. The normalized spacial score (nSPS) is 10.1. The van der Waals surface area contributed by atoms with Crippen molar-refractivity contribution >= 4 is 41.0 Å². The Hall–Kier alpha value is -1.55. The van der Waals surface area contributed by atoms with Crippen molar-refractivity contribution < 1.29 is 0 Å². The van der Waals surface area contributed by atoms with Crippen molar-refractivity contribution in [3.63, 3.8) is 0 Å². The van der Waals surface area contributed by atoms with Crippen LogP contribution in [0.3, 0.4) is 0 Å². The first-order valence-corrected chi connectivity index (χ1v) is 7.06. The summed E-state index contributed by atoms with van der Waals surface area (Å²) in [4.78, 5) is 4.63. The minimum Gasteiger partial charge on any atom is -0.399 e. The second kappa shape index (κ2) is 6.27. The first-order valence-electron chi connectivity index (χ1n) is 5.80. The molecule has 1 aromatic heterocycles. The predicted octanol–water partition coefficient (Wildman–Crippen LogP) is 5.13. The predicted molar refractivity (Wildman–Crippen MR) is 89.7 cm³/mol. The molecule has 0 amide bonds. The van der Waals surface area contributed by atoms with Gasteiger partial charge in [-0.05, 0) is 18.2 Å². The van der Waals surface area contributed by atoms with Gasteiger partial charge in [-0.2, -0.15) is 0 Å². The molecule has 5 heteroatoms. The van der Waals surface area contributed by atoms with E-state index < -0.39 is 0 Å². The van der Waals surface area contributed by atoms with Crippen molar-refractivity contribution in [1.82, 2.24) is 4.98 Å². The number of benzene rings is 2. The summed E-state index contributed by atoms with van der Waals surface area (Å²) in [6, 6.07) is 15.6. The van der Waals surface area contributed by atoms with Gasteiger partial charge in [0.1, 0.15) is 5.01 Å². The Bertz CT molecular complexity index is 711. The second-order valence-corrected chi connectivity index (χ2v) is 5.41. The number of thiazole rings is 1. The number of hydrogen-bond acceptors (Lipinski definition) is 3. The van der Waals surface area contributed by atoms with Crippen LogP contribution in [0.15, 0.2) is 53.9 Å². The molecule has 2 aromatic carbocycles. The van der Waals surface area contributed by atoms with Gasteiger partial charge in [0.15, 0.2) is 0 Å². The topological polar surface area (TPSA) is 38.9 Å². The fourth-order valence-corrected chi connectivity index (χ4v) is 2.96. The Balaban J connectivity index is 0.00000147. The third-order valence-electron chi connectivity index (χ3n) is 2.79. The number of nitrogens with zero attached hydrogens (tertiary/aromatic N) is 1. The molecule has 3 rings (SSSR count). The number of hydrogen-bond donors (Lipinski definition) is 1. The van der Waals surface area contributed by atoms with Crippen LogP contribution in [-0.4, -0.2) is 4.98 Å².